The van der Waals surface area contributed by atoms with E-state index in [0.717, 1.165) is 22.1 Å². The number of benzene rings is 2. The molecule has 4 aromatic rings. The first-order valence-electron chi connectivity index (χ1n) is 8.71. The summed E-state index contributed by atoms with van der Waals surface area (Å²) in [7, 11) is 1.60. The van der Waals surface area contributed by atoms with Gasteiger partial charge in [0.25, 0.3) is 0 Å². The number of ketones is 1. The normalized spacial score (nSPS) is 10.8. The number of thioether (sulfide) groups is 1. The molecular formula is C21H16ClN3O2S2. The van der Waals surface area contributed by atoms with Crippen LogP contribution in [0.2, 0.25) is 5.02 Å². The fourth-order valence-corrected chi connectivity index (χ4v) is 4.41. The maximum Gasteiger partial charge on any atom is 0.196 e. The van der Waals surface area contributed by atoms with Crippen molar-refractivity contribution in [3.05, 3.63) is 76.6 Å². The highest BCUT2D eigenvalue weighted by Crippen LogP contribution is 2.31. The van der Waals surface area contributed by atoms with Gasteiger partial charge in [0.1, 0.15) is 5.75 Å². The number of halogens is 1. The molecule has 146 valence electrons. The average Bonchev–Trinajstić information content (AvgIpc) is 3.42. The van der Waals surface area contributed by atoms with Crippen LogP contribution in [0.3, 0.4) is 0 Å². The maximum atomic E-state index is 12.6. The Kier molecular flexibility index (Phi) is 5.99. The Balaban J connectivity index is 1.61. The number of ether oxygens (including phenoxy) is 1. The van der Waals surface area contributed by atoms with E-state index in [0.29, 0.717) is 15.7 Å². The minimum atomic E-state index is 0.0148. The lowest BCUT2D eigenvalue weighted by molar-refractivity contribution is 0.102. The second-order valence-electron chi connectivity index (χ2n) is 6.04. The Morgan fingerprint density at radius 2 is 1.86 bits per heavy atom. The third-order valence-corrected chi connectivity index (χ3v) is 6.25. The molecule has 0 bridgehead atoms. The van der Waals surface area contributed by atoms with Crippen LogP contribution in [0.4, 0.5) is 0 Å². The summed E-state index contributed by atoms with van der Waals surface area (Å²) < 4.78 is 7.10. The van der Waals surface area contributed by atoms with Crippen LogP contribution in [0, 0.1) is 0 Å². The van der Waals surface area contributed by atoms with Crippen molar-refractivity contribution in [3.8, 4) is 22.1 Å². The van der Waals surface area contributed by atoms with E-state index in [4.69, 9.17) is 16.3 Å². The van der Waals surface area contributed by atoms with Gasteiger partial charge in [0.05, 0.1) is 17.7 Å². The van der Waals surface area contributed by atoms with Crippen molar-refractivity contribution in [2.75, 3.05) is 12.9 Å². The first-order chi connectivity index (χ1) is 14.2. The maximum absolute atomic E-state index is 12.6. The summed E-state index contributed by atoms with van der Waals surface area (Å²) in [6.07, 6.45) is 0. The summed E-state index contributed by atoms with van der Waals surface area (Å²) in [5, 5.41) is 12.0. The number of thiophene rings is 1. The van der Waals surface area contributed by atoms with Crippen molar-refractivity contribution in [1.29, 1.82) is 0 Å². The molecule has 8 heteroatoms. The van der Waals surface area contributed by atoms with Gasteiger partial charge >= 0.3 is 0 Å². The number of carbonyl (C=O) groups excluding carboxylic acids is 1. The lowest BCUT2D eigenvalue weighted by atomic mass is 10.1. The van der Waals surface area contributed by atoms with Gasteiger partial charge in [-0.1, -0.05) is 29.4 Å². The molecule has 0 aliphatic heterocycles. The molecule has 0 saturated carbocycles. The third-order valence-electron chi connectivity index (χ3n) is 4.20. The number of aromatic nitrogens is 3. The van der Waals surface area contributed by atoms with E-state index in [2.05, 4.69) is 10.2 Å². The second-order valence-corrected chi connectivity index (χ2v) is 8.36. The minimum absolute atomic E-state index is 0.0148. The Labute approximate surface area is 181 Å². The molecular weight excluding hydrogens is 426 g/mol. The molecule has 0 aliphatic rings. The first-order valence-corrected chi connectivity index (χ1v) is 11.0. The average molecular weight is 442 g/mol. The van der Waals surface area contributed by atoms with Gasteiger partial charge in [-0.2, -0.15) is 0 Å². The van der Waals surface area contributed by atoms with Gasteiger partial charge in [0.15, 0.2) is 16.8 Å². The van der Waals surface area contributed by atoms with Crippen molar-refractivity contribution >= 4 is 40.5 Å². The molecule has 0 spiro atoms. The van der Waals surface area contributed by atoms with Crippen LogP contribution < -0.4 is 4.74 Å². The van der Waals surface area contributed by atoms with Gasteiger partial charge < -0.3 is 4.74 Å². The molecule has 0 N–H and O–H groups in total. The number of carbonyl (C=O) groups is 1. The zero-order chi connectivity index (χ0) is 20.2. The highest BCUT2D eigenvalue weighted by molar-refractivity contribution is 7.99. The molecule has 5 nitrogen and oxygen atoms in total. The van der Waals surface area contributed by atoms with E-state index in [1.165, 1.54) is 11.8 Å². The van der Waals surface area contributed by atoms with Crippen LogP contribution >= 0.6 is 34.7 Å². The van der Waals surface area contributed by atoms with Crippen LogP contribution in [0.25, 0.3) is 16.4 Å². The summed E-state index contributed by atoms with van der Waals surface area (Å²) in [4.78, 5) is 13.6. The van der Waals surface area contributed by atoms with E-state index >= 15 is 0 Å². The smallest absolute Gasteiger partial charge is 0.196 e. The molecule has 0 atom stereocenters. The van der Waals surface area contributed by atoms with E-state index < -0.39 is 0 Å². The SMILES string of the molecule is COc1ccc(C(=O)CSc2nnc(-c3cccs3)n2-c2ccc(Cl)cc2)cc1. The molecule has 0 fully saturated rings. The van der Waals surface area contributed by atoms with Crippen molar-refractivity contribution in [2.45, 2.75) is 5.16 Å². The van der Waals surface area contributed by atoms with Crippen molar-refractivity contribution < 1.29 is 9.53 Å². The van der Waals surface area contributed by atoms with Gasteiger partial charge in [-0.05, 0) is 60.0 Å². The molecule has 0 amide bonds. The Bertz CT molecular complexity index is 1110. The number of methoxy groups -OCH3 is 1. The predicted molar refractivity (Wildman–Crippen MR) is 118 cm³/mol. The summed E-state index contributed by atoms with van der Waals surface area (Å²) in [5.74, 6) is 1.72. The first kappa shape index (κ1) is 19.7. The second kappa shape index (κ2) is 8.82. The zero-order valence-corrected chi connectivity index (χ0v) is 17.8. The summed E-state index contributed by atoms with van der Waals surface area (Å²) >= 11 is 8.99. The van der Waals surface area contributed by atoms with E-state index in [-0.39, 0.29) is 11.5 Å². The van der Waals surface area contributed by atoms with E-state index in [1.54, 1.807) is 42.7 Å². The Morgan fingerprint density at radius 3 is 2.52 bits per heavy atom. The molecule has 4 rings (SSSR count). The van der Waals surface area contributed by atoms with Gasteiger partial charge in [0, 0.05) is 16.3 Å². The van der Waals surface area contributed by atoms with Crippen LogP contribution in [-0.4, -0.2) is 33.4 Å². The molecule has 0 aliphatic carbocycles. The number of rotatable bonds is 7. The number of Topliss-reactive ketones (excluding diaryl/α,β-unsaturated/α-hetero) is 1. The summed E-state index contributed by atoms with van der Waals surface area (Å²) in [6.45, 7) is 0. The summed E-state index contributed by atoms with van der Waals surface area (Å²) in [6, 6.07) is 18.5. The molecule has 29 heavy (non-hydrogen) atoms. The quantitative estimate of drug-likeness (QED) is 0.274. The highest BCUT2D eigenvalue weighted by Gasteiger charge is 2.18. The fraction of sp³-hybridized carbons (Fsp3) is 0.0952. The topological polar surface area (TPSA) is 57.0 Å². The molecule has 2 aromatic heterocycles. The monoisotopic (exact) mass is 441 g/mol. The van der Waals surface area contributed by atoms with Crippen molar-refractivity contribution in [1.82, 2.24) is 14.8 Å². The molecule has 2 aromatic carbocycles. The summed E-state index contributed by atoms with van der Waals surface area (Å²) in [5.41, 5.74) is 1.52. The van der Waals surface area contributed by atoms with Gasteiger partial charge in [-0.3, -0.25) is 9.36 Å². The van der Waals surface area contributed by atoms with E-state index in [9.17, 15) is 4.79 Å². The van der Waals surface area contributed by atoms with Gasteiger partial charge in [-0.25, -0.2) is 0 Å². The highest BCUT2D eigenvalue weighted by atomic mass is 35.5. The van der Waals surface area contributed by atoms with Crippen LogP contribution in [-0.2, 0) is 0 Å². The standard InChI is InChI=1S/C21H16ClN3O2S2/c1-27-17-10-4-14(5-11-17)18(26)13-29-21-24-23-20(19-3-2-12-28-19)25(21)16-8-6-15(22)7-9-16/h2-12H,13H2,1H3. The Morgan fingerprint density at radius 1 is 1.10 bits per heavy atom. The molecule has 0 saturated heterocycles. The van der Waals surface area contributed by atoms with Crippen LogP contribution in [0.15, 0.2) is 71.2 Å². The molecule has 2 heterocycles. The predicted octanol–water partition coefficient (Wildman–Crippen LogP) is 5.63. The van der Waals surface area contributed by atoms with E-state index in [1.807, 2.05) is 46.3 Å². The lowest BCUT2D eigenvalue weighted by Crippen LogP contribution is -2.05. The van der Waals surface area contributed by atoms with Crippen molar-refractivity contribution in [3.63, 3.8) is 0 Å². The number of hydrogen-bond donors (Lipinski definition) is 0. The Hall–Kier alpha value is -2.61. The third kappa shape index (κ3) is 4.37. The van der Waals surface area contributed by atoms with Crippen molar-refractivity contribution in [2.24, 2.45) is 0 Å². The fourth-order valence-electron chi connectivity index (χ4n) is 2.74. The molecule has 0 unspecified atom stereocenters. The van der Waals surface area contributed by atoms with Crippen LogP contribution in [0.5, 0.6) is 5.75 Å². The van der Waals surface area contributed by atoms with Gasteiger partial charge in [0.2, 0.25) is 0 Å². The minimum Gasteiger partial charge on any atom is -0.497 e. The number of nitrogens with zero attached hydrogens (tertiary/aromatic N) is 3. The largest absolute Gasteiger partial charge is 0.497 e. The number of hydrogen-bond acceptors (Lipinski definition) is 6. The lowest BCUT2D eigenvalue weighted by Gasteiger charge is -2.09. The van der Waals surface area contributed by atoms with Crippen LogP contribution in [0.1, 0.15) is 10.4 Å². The molecule has 0 radical (unpaired) electrons. The zero-order valence-electron chi connectivity index (χ0n) is 15.4. The van der Waals surface area contributed by atoms with Gasteiger partial charge in [-0.15, -0.1) is 21.5 Å².